The highest BCUT2D eigenvalue weighted by molar-refractivity contribution is 5.93. The standard InChI is InChI=1S/C16H17N5O2/c22-16(14-9-13(18-19-14)15-4-2-8-23-15)20-6-1-3-12(10-20)21-7-5-17-11-21/h2,4-5,7-9,11-12H,1,3,6,10H2,(H,18,19). The van der Waals surface area contributed by atoms with E-state index in [1.807, 2.05) is 23.5 Å². The van der Waals surface area contributed by atoms with E-state index in [2.05, 4.69) is 19.7 Å². The van der Waals surface area contributed by atoms with E-state index in [4.69, 9.17) is 4.42 Å². The van der Waals surface area contributed by atoms with E-state index in [0.717, 1.165) is 19.4 Å². The van der Waals surface area contributed by atoms with Gasteiger partial charge in [0.05, 0.1) is 18.6 Å². The van der Waals surface area contributed by atoms with Crippen LogP contribution in [0.1, 0.15) is 29.4 Å². The van der Waals surface area contributed by atoms with Gasteiger partial charge >= 0.3 is 0 Å². The second-order valence-corrected chi connectivity index (χ2v) is 5.70. The molecule has 0 saturated carbocycles. The van der Waals surface area contributed by atoms with E-state index in [-0.39, 0.29) is 11.9 Å². The third-order valence-corrected chi connectivity index (χ3v) is 4.21. The van der Waals surface area contributed by atoms with Gasteiger partial charge in [0.2, 0.25) is 0 Å². The lowest BCUT2D eigenvalue weighted by atomic mass is 10.1. The highest BCUT2D eigenvalue weighted by Gasteiger charge is 2.26. The van der Waals surface area contributed by atoms with E-state index >= 15 is 0 Å². The number of piperidine rings is 1. The average molecular weight is 311 g/mol. The van der Waals surface area contributed by atoms with Crippen LogP contribution >= 0.6 is 0 Å². The van der Waals surface area contributed by atoms with Gasteiger partial charge in [0.1, 0.15) is 5.69 Å². The molecular weight excluding hydrogens is 294 g/mol. The topological polar surface area (TPSA) is 80.0 Å². The number of nitrogens with one attached hydrogen (secondary N) is 1. The molecule has 0 aliphatic carbocycles. The number of aromatic nitrogens is 4. The minimum atomic E-state index is -0.0520. The van der Waals surface area contributed by atoms with E-state index < -0.39 is 0 Å². The number of likely N-dealkylation sites (tertiary alicyclic amines) is 1. The molecule has 1 fully saturated rings. The number of nitrogens with zero attached hydrogens (tertiary/aromatic N) is 4. The van der Waals surface area contributed by atoms with Gasteiger partial charge < -0.3 is 13.9 Å². The molecule has 4 rings (SSSR count). The van der Waals surface area contributed by atoms with Crippen molar-refractivity contribution in [3.63, 3.8) is 0 Å². The third-order valence-electron chi connectivity index (χ3n) is 4.21. The number of H-pyrrole nitrogens is 1. The molecule has 1 aliphatic heterocycles. The Bertz CT molecular complexity index is 775. The van der Waals surface area contributed by atoms with Crippen molar-refractivity contribution in [3.8, 4) is 11.5 Å². The molecule has 0 bridgehead atoms. The normalized spacial score (nSPS) is 18.3. The number of furan rings is 1. The number of carbonyl (C=O) groups is 1. The number of rotatable bonds is 3. The summed E-state index contributed by atoms with van der Waals surface area (Å²) in [6.07, 6.45) is 9.15. The summed E-state index contributed by atoms with van der Waals surface area (Å²) in [6, 6.07) is 5.65. The molecular formula is C16H17N5O2. The van der Waals surface area contributed by atoms with Gasteiger partial charge in [0.15, 0.2) is 11.5 Å². The molecule has 118 valence electrons. The lowest BCUT2D eigenvalue weighted by Crippen LogP contribution is -2.40. The smallest absolute Gasteiger partial charge is 0.274 e. The van der Waals surface area contributed by atoms with Gasteiger partial charge in [-0.15, -0.1) is 0 Å². The van der Waals surface area contributed by atoms with Crippen LogP contribution in [0, 0.1) is 0 Å². The Hall–Kier alpha value is -2.83. The Labute approximate surface area is 132 Å². The van der Waals surface area contributed by atoms with Crippen molar-refractivity contribution in [1.82, 2.24) is 24.6 Å². The summed E-state index contributed by atoms with van der Waals surface area (Å²) in [4.78, 5) is 18.6. The molecule has 1 amide bonds. The first kappa shape index (κ1) is 13.8. The molecule has 3 aromatic rings. The van der Waals surface area contributed by atoms with Crippen LogP contribution in [0.15, 0.2) is 47.6 Å². The highest BCUT2D eigenvalue weighted by atomic mass is 16.3. The Morgan fingerprint density at radius 3 is 3.17 bits per heavy atom. The fourth-order valence-electron chi connectivity index (χ4n) is 3.02. The van der Waals surface area contributed by atoms with Crippen molar-refractivity contribution in [3.05, 3.63) is 48.9 Å². The molecule has 1 unspecified atom stereocenters. The number of imidazole rings is 1. The monoisotopic (exact) mass is 311 g/mol. The fraction of sp³-hybridized carbons (Fsp3) is 0.312. The molecule has 1 atom stereocenters. The average Bonchev–Trinajstić information content (AvgIpc) is 3.36. The third kappa shape index (κ3) is 2.65. The molecule has 1 saturated heterocycles. The summed E-state index contributed by atoms with van der Waals surface area (Å²) in [5.74, 6) is 0.621. The zero-order valence-electron chi connectivity index (χ0n) is 12.6. The second-order valence-electron chi connectivity index (χ2n) is 5.70. The molecule has 7 nitrogen and oxygen atoms in total. The van der Waals surface area contributed by atoms with Gasteiger partial charge in [-0.25, -0.2) is 4.98 Å². The molecule has 0 radical (unpaired) electrons. The molecule has 7 heteroatoms. The van der Waals surface area contributed by atoms with Crippen LogP contribution in [-0.4, -0.2) is 43.6 Å². The van der Waals surface area contributed by atoms with Crippen molar-refractivity contribution in [2.45, 2.75) is 18.9 Å². The van der Waals surface area contributed by atoms with Crippen LogP contribution in [0.4, 0.5) is 0 Å². The first-order chi connectivity index (χ1) is 11.3. The van der Waals surface area contributed by atoms with E-state index in [1.165, 1.54) is 0 Å². The SMILES string of the molecule is O=C(c1cc(-c2ccco2)[nH]n1)N1CCCC(n2ccnc2)C1. The number of hydrogen-bond donors (Lipinski definition) is 1. The van der Waals surface area contributed by atoms with Gasteiger partial charge in [-0.3, -0.25) is 9.89 Å². The Kier molecular flexibility index (Phi) is 3.45. The summed E-state index contributed by atoms with van der Waals surface area (Å²) in [6.45, 7) is 1.44. The number of carbonyl (C=O) groups excluding carboxylic acids is 1. The van der Waals surface area contributed by atoms with Crippen molar-refractivity contribution in [2.24, 2.45) is 0 Å². The van der Waals surface area contributed by atoms with Crippen molar-refractivity contribution in [2.75, 3.05) is 13.1 Å². The molecule has 4 heterocycles. The fourth-order valence-corrected chi connectivity index (χ4v) is 3.02. The largest absolute Gasteiger partial charge is 0.463 e. The Morgan fingerprint density at radius 1 is 1.43 bits per heavy atom. The Balaban J connectivity index is 1.50. The van der Waals surface area contributed by atoms with Gasteiger partial charge in [-0.1, -0.05) is 0 Å². The van der Waals surface area contributed by atoms with Crippen LogP contribution in [0.5, 0.6) is 0 Å². The summed E-state index contributed by atoms with van der Waals surface area (Å²) in [5.41, 5.74) is 1.13. The summed E-state index contributed by atoms with van der Waals surface area (Å²) < 4.78 is 7.39. The van der Waals surface area contributed by atoms with Gasteiger partial charge in [-0.05, 0) is 25.0 Å². The lowest BCUT2D eigenvalue weighted by Gasteiger charge is -2.32. The Morgan fingerprint density at radius 2 is 2.39 bits per heavy atom. The highest BCUT2D eigenvalue weighted by Crippen LogP contribution is 2.23. The predicted molar refractivity (Wildman–Crippen MR) is 82.7 cm³/mol. The van der Waals surface area contributed by atoms with Crippen LogP contribution in [0.3, 0.4) is 0 Å². The summed E-state index contributed by atoms with van der Waals surface area (Å²) in [7, 11) is 0. The summed E-state index contributed by atoms with van der Waals surface area (Å²) in [5, 5.41) is 7.00. The quantitative estimate of drug-likeness (QED) is 0.805. The zero-order chi connectivity index (χ0) is 15.6. The van der Waals surface area contributed by atoms with Gasteiger partial charge in [0.25, 0.3) is 5.91 Å². The second kappa shape index (κ2) is 5.75. The predicted octanol–water partition coefficient (Wildman–Crippen LogP) is 2.34. The van der Waals surface area contributed by atoms with Crippen LogP contribution in [0.2, 0.25) is 0 Å². The zero-order valence-corrected chi connectivity index (χ0v) is 12.6. The maximum Gasteiger partial charge on any atom is 0.274 e. The van der Waals surface area contributed by atoms with Gasteiger partial charge in [0, 0.05) is 31.5 Å². The number of amides is 1. The van der Waals surface area contributed by atoms with E-state index in [1.54, 1.807) is 24.6 Å². The molecule has 23 heavy (non-hydrogen) atoms. The van der Waals surface area contributed by atoms with Crippen LogP contribution < -0.4 is 0 Å². The maximum atomic E-state index is 12.7. The first-order valence-corrected chi connectivity index (χ1v) is 7.67. The molecule has 1 N–H and O–H groups in total. The van der Waals surface area contributed by atoms with E-state index in [9.17, 15) is 4.79 Å². The van der Waals surface area contributed by atoms with E-state index in [0.29, 0.717) is 23.7 Å². The lowest BCUT2D eigenvalue weighted by molar-refractivity contribution is 0.0673. The van der Waals surface area contributed by atoms with Crippen molar-refractivity contribution < 1.29 is 9.21 Å². The van der Waals surface area contributed by atoms with Crippen LogP contribution in [0.25, 0.3) is 11.5 Å². The minimum absolute atomic E-state index is 0.0520. The van der Waals surface area contributed by atoms with Crippen molar-refractivity contribution in [1.29, 1.82) is 0 Å². The molecule has 1 aliphatic rings. The maximum absolute atomic E-state index is 12.7. The molecule has 0 spiro atoms. The first-order valence-electron chi connectivity index (χ1n) is 7.67. The van der Waals surface area contributed by atoms with Crippen LogP contribution in [-0.2, 0) is 0 Å². The molecule has 0 aromatic carbocycles. The number of aromatic amines is 1. The van der Waals surface area contributed by atoms with Gasteiger partial charge in [-0.2, -0.15) is 5.10 Å². The number of hydrogen-bond acceptors (Lipinski definition) is 4. The summed E-state index contributed by atoms with van der Waals surface area (Å²) >= 11 is 0. The van der Waals surface area contributed by atoms with Crippen molar-refractivity contribution >= 4 is 5.91 Å². The minimum Gasteiger partial charge on any atom is -0.463 e. The molecule has 3 aromatic heterocycles.